The van der Waals surface area contributed by atoms with Gasteiger partial charge in [0.1, 0.15) is 0 Å². The second-order valence-corrected chi connectivity index (χ2v) is 7.50. The van der Waals surface area contributed by atoms with Gasteiger partial charge in [-0.05, 0) is 68.7 Å². The van der Waals surface area contributed by atoms with Gasteiger partial charge >= 0.3 is 0 Å². The molecule has 0 aromatic heterocycles. The predicted molar refractivity (Wildman–Crippen MR) is 108 cm³/mol. The Morgan fingerprint density at radius 1 is 1.04 bits per heavy atom. The molecule has 0 saturated heterocycles. The molecule has 2 aromatic rings. The van der Waals surface area contributed by atoms with Crippen LogP contribution in [0.4, 0.5) is 5.69 Å². The lowest BCUT2D eigenvalue weighted by atomic mass is 10.0. The van der Waals surface area contributed by atoms with E-state index >= 15 is 0 Å². The number of rotatable bonds is 7. The van der Waals surface area contributed by atoms with Crippen LogP contribution in [0.25, 0.3) is 0 Å². The average molecular weight is 382 g/mol. The van der Waals surface area contributed by atoms with Crippen molar-refractivity contribution in [1.29, 1.82) is 0 Å². The molecule has 2 N–H and O–H groups in total. The Balaban J connectivity index is 1.51. The maximum Gasteiger partial charge on any atom is 0.251 e. The molecule has 0 fully saturated rings. The Labute approximate surface area is 165 Å². The Hall–Kier alpha value is -3.02. The van der Waals surface area contributed by atoms with Crippen LogP contribution in [0.5, 0.6) is 11.5 Å². The molecule has 2 amide bonds. The number of benzene rings is 2. The standard InChI is InChI=1S/C22H26N2O4/c1-4-22(2,3)24-21(26)16-7-9-17(10-8-16)23-20(25)12-6-15-5-11-18-19(13-15)28-14-27-18/h5,7-11,13H,4,6,12,14H2,1-3H3,(H,23,25)(H,24,26). The molecule has 6 heteroatoms. The van der Waals surface area contributed by atoms with E-state index in [-0.39, 0.29) is 24.1 Å². The molecule has 1 aliphatic rings. The number of carbonyl (C=O) groups excluding carboxylic acids is 2. The van der Waals surface area contributed by atoms with E-state index in [4.69, 9.17) is 9.47 Å². The van der Waals surface area contributed by atoms with Crippen LogP contribution in [0, 0.1) is 0 Å². The minimum Gasteiger partial charge on any atom is -0.454 e. The lowest BCUT2D eigenvalue weighted by Crippen LogP contribution is -2.42. The van der Waals surface area contributed by atoms with Crippen molar-refractivity contribution in [3.8, 4) is 11.5 Å². The molecule has 1 heterocycles. The fraction of sp³-hybridized carbons (Fsp3) is 0.364. The summed E-state index contributed by atoms with van der Waals surface area (Å²) in [5.74, 6) is 1.26. The third kappa shape index (κ3) is 5.03. The summed E-state index contributed by atoms with van der Waals surface area (Å²) in [5.41, 5.74) is 2.01. The van der Waals surface area contributed by atoms with Gasteiger partial charge in [0, 0.05) is 23.2 Å². The van der Waals surface area contributed by atoms with Gasteiger partial charge in [-0.15, -0.1) is 0 Å². The zero-order valence-electron chi connectivity index (χ0n) is 16.5. The monoisotopic (exact) mass is 382 g/mol. The molecule has 0 bridgehead atoms. The Kier molecular flexibility index (Phi) is 5.87. The number of hydrogen-bond acceptors (Lipinski definition) is 4. The van der Waals surface area contributed by atoms with E-state index in [1.54, 1.807) is 24.3 Å². The molecule has 0 radical (unpaired) electrons. The lowest BCUT2D eigenvalue weighted by Gasteiger charge is -2.24. The zero-order valence-corrected chi connectivity index (χ0v) is 16.5. The highest BCUT2D eigenvalue weighted by Crippen LogP contribution is 2.32. The molecular weight excluding hydrogens is 356 g/mol. The summed E-state index contributed by atoms with van der Waals surface area (Å²) in [4.78, 5) is 24.5. The molecular formula is C22H26N2O4. The molecule has 0 spiro atoms. The average Bonchev–Trinajstić information content (AvgIpc) is 3.14. The van der Waals surface area contributed by atoms with Crippen LogP contribution in [-0.2, 0) is 11.2 Å². The molecule has 0 aliphatic carbocycles. The summed E-state index contributed by atoms with van der Waals surface area (Å²) in [6.07, 6.45) is 1.80. The number of hydrogen-bond donors (Lipinski definition) is 2. The molecule has 28 heavy (non-hydrogen) atoms. The summed E-state index contributed by atoms with van der Waals surface area (Å²) in [7, 11) is 0. The van der Waals surface area contributed by atoms with Gasteiger partial charge in [0.05, 0.1) is 0 Å². The van der Waals surface area contributed by atoms with Crippen LogP contribution in [0.3, 0.4) is 0 Å². The lowest BCUT2D eigenvalue weighted by molar-refractivity contribution is -0.116. The number of anilines is 1. The summed E-state index contributed by atoms with van der Waals surface area (Å²) in [6, 6.07) is 12.6. The molecule has 1 aliphatic heterocycles. The maximum absolute atomic E-state index is 12.3. The van der Waals surface area contributed by atoms with E-state index in [9.17, 15) is 9.59 Å². The van der Waals surface area contributed by atoms with Crippen LogP contribution in [0.2, 0.25) is 0 Å². The van der Waals surface area contributed by atoms with Gasteiger partial charge in [-0.1, -0.05) is 13.0 Å². The van der Waals surface area contributed by atoms with Crippen molar-refractivity contribution in [3.05, 3.63) is 53.6 Å². The van der Waals surface area contributed by atoms with Crippen molar-refractivity contribution in [2.45, 2.75) is 45.6 Å². The number of fused-ring (bicyclic) bond motifs is 1. The van der Waals surface area contributed by atoms with Crippen LogP contribution in [-0.4, -0.2) is 24.1 Å². The third-order valence-corrected chi connectivity index (χ3v) is 4.84. The van der Waals surface area contributed by atoms with Crippen molar-refractivity contribution in [2.75, 3.05) is 12.1 Å². The number of carbonyl (C=O) groups is 2. The summed E-state index contributed by atoms with van der Waals surface area (Å²) >= 11 is 0. The SMILES string of the molecule is CCC(C)(C)NC(=O)c1ccc(NC(=O)CCc2ccc3c(c2)OCO3)cc1. The molecule has 2 aromatic carbocycles. The van der Waals surface area contributed by atoms with E-state index in [1.807, 2.05) is 39.0 Å². The van der Waals surface area contributed by atoms with Crippen molar-refractivity contribution in [1.82, 2.24) is 5.32 Å². The largest absolute Gasteiger partial charge is 0.454 e. The van der Waals surface area contributed by atoms with Crippen molar-refractivity contribution < 1.29 is 19.1 Å². The van der Waals surface area contributed by atoms with Crippen LogP contribution < -0.4 is 20.1 Å². The normalized spacial score (nSPS) is 12.5. The first-order valence-electron chi connectivity index (χ1n) is 9.47. The first-order chi connectivity index (χ1) is 13.4. The predicted octanol–water partition coefficient (Wildman–Crippen LogP) is 3.91. The zero-order chi connectivity index (χ0) is 20.1. The number of ether oxygens (including phenoxy) is 2. The van der Waals surface area contributed by atoms with E-state index in [2.05, 4.69) is 10.6 Å². The summed E-state index contributed by atoms with van der Waals surface area (Å²) in [6.45, 7) is 6.24. The summed E-state index contributed by atoms with van der Waals surface area (Å²) in [5, 5.41) is 5.86. The Morgan fingerprint density at radius 3 is 2.46 bits per heavy atom. The smallest absolute Gasteiger partial charge is 0.251 e. The molecule has 0 atom stereocenters. The first-order valence-corrected chi connectivity index (χ1v) is 9.47. The fourth-order valence-electron chi connectivity index (χ4n) is 2.75. The van der Waals surface area contributed by atoms with Crippen LogP contribution in [0.1, 0.15) is 49.5 Å². The van der Waals surface area contributed by atoms with E-state index in [0.29, 0.717) is 24.1 Å². The highest BCUT2D eigenvalue weighted by Gasteiger charge is 2.19. The number of aryl methyl sites for hydroxylation is 1. The van der Waals surface area contributed by atoms with Gasteiger partial charge in [0.25, 0.3) is 5.91 Å². The van der Waals surface area contributed by atoms with Gasteiger partial charge in [-0.25, -0.2) is 0 Å². The number of nitrogens with one attached hydrogen (secondary N) is 2. The Bertz CT molecular complexity index is 859. The minimum absolute atomic E-state index is 0.0815. The second-order valence-electron chi connectivity index (χ2n) is 7.50. The second kappa shape index (κ2) is 8.33. The van der Waals surface area contributed by atoms with Crippen molar-refractivity contribution in [2.24, 2.45) is 0 Å². The number of amides is 2. The maximum atomic E-state index is 12.3. The van der Waals surface area contributed by atoms with Gasteiger partial charge in [-0.2, -0.15) is 0 Å². The fourth-order valence-corrected chi connectivity index (χ4v) is 2.75. The van der Waals surface area contributed by atoms with Crippen LogP contribution >= 0.6 is 0 Å². The highest BCUT2D eigenvalue weighted by molar-refractivity contribution is 5.96. The van der Waals surface area contributed by atoms with Gasteiger partial charge < -0.3 is 20.1 Å². The third-order valence-electron chi connectivity index (χ3n) is 4.84. The summed E-state index contributed by atoms with van der Waals surface area (Å²) < 4.78 is 10.6. The van der Waals surface area contributed by atoms with Crippen molar-refractivity contribution >= 4 is 17.5 Å². The van der Waals surface area contributed by atoms with E-state index < -0.39 is 0 Å². The van der Waals surface area contributed by atoms with Crippen LogP contribution in [0.15, 0.2) is 42.5 Å². The first kappa shape index (κ1) is 19.7. The molecule has 0 unspecified atom stereocenters. The van der Waals surface area contributed by atoms with E-state index in [0.717, 1.165) is 23.5 Å². The molecule has 3 rings (SSSR count). The Morgan fingerprint density at radius 2 is 1.75 bits per heavy atom. The molecule has 148 valence electrons. The van der Waals surface area contributed by atoms with E-state index in [1.165, 1.54) is 0 Å². The van der Waals surface area contributed by atoms with Gasteiger partial charge in [-0.3, -0.25) is 9.59 Å². The van der Waals surface area contributed by atoms with Gasteiger partial charge in [0.2, 0.25) is 12.7 Å². The quantitative estimate of drug-likeness (QED) is 0.761. The minimum atomic E-state index is -0.251. The highest BCUT2D eigenvalue weighted by atomic mass is 16.7. The van der Waals surface area contributed by atoms with Crippen molar-refractivity contribution in [3.63, 3.8) is 0 Å². The molecule has 0 saturated carbocycles. The molecule has 6 nitrogen and oxygen atoms in total. The topological polar surface area (TPSA) is 76.7 Å². The van der Waals surface area contributed by atoms with Gasteiger partial charge in [0.15, 0.2) is 11.5 Å².